The molecular formula is C16H29F3N6O. The number of nitrogen functional groups attached to an aromatic ring is 1. The summed E-state index contributed by atoms with van der Waals surface area (Å²) in [4.78, 5) is 9.04. The van der Waals surface area contributed by atoms with Gasteiger partial charge in [-0.3, -0.25) is 4.90 Å². The Morgan fingerprint density at radius 1 is 1.42 bits per heavy atom. The van der Waals surface area contributed by atoms with Crippen molar-refractivity contribution in [2.75, 3.05) is 30.3 Å². The van der Waals surface area contributed by atoms with Crippen LogP contribution in [0.15, 0.2) is 12.3 Å². The predicted octanol–water partition coefficient (Wildman–Crippen LogP) is 3.10. The first kappa shape index (κ1) is 22.1. The van der Waals surface area contributed by atoms with Gasteiger partial charge in [-0.15, -0.1) is 5.10 Å². The maximum Gasteiger partial charge on any atom is 0.448 e. The quantitative estimate of drug-likeness (QED) is 0.682. The molecular weight excluding hydrogens is 349 g/mol. The Kier molecular flexibility index (Phi) is 8.19. The molecule has 150 valence electrons. The molecule has 0 radical (unpaired) electrons. The smallest absolute Gasteiger partial charge is 0.448 e. The maximum absolute atomic E-state index is 10.8. The number of nitrogens with two attached hydrogens (primary N) is 1. The molecule has 4 N–H and O–H groups in total. The first-order valence-corrected chi connectivity index (χ1v) is 8.73. The Labute approximate surface area is 152 Å². The van der Waals surface area contributed by atoms with Gasteiger partial charge in [0.15, 0.2) is 5.76 Å². The number of aromatic amines is 1. The SMILES string of the molecule is C=C(O)C(F)(F)F.CCC(C)N(CC)C1CCN(c2n[nH]c(N)n2)CC1. The minimum absolute atomic E-state index is 0.395. The standard InChI is InChI=1S/C13H26N6.C3H3F3O/c1-4-10(3)19(5-2)11-6-8-18(9-7-11)13-15-12(14)16-17-13;1-2(7)3(4,5)6/h10-11H,4-9H2,1-3H3,(H3,14,15,16,17);7H,1H2. The molecule has 1 aromatic heterocycles. The van der Waals surface area contributed by atoms with Crippen LogP contribution in [0.25, 0.3) is 0 Å². The van der Waals surface area contributed by atoms with E-state index in [-0.39, 0.29) is 0 Å². The van der Waals surface area contributed by atoms with E-state index in [2.05, 4.69) is 52.3 Å². The zero-order valence-electron chi connectivity index (χ0n) is 15.6. The topological polar surface area (TPSA) is 94.3 Å². The second-order valence-electron chi connectivity index (χ2n) is 6.27. The fourth-order valence-corrected chi connectivity index (χ4v) is 2.97. The molecule has 1 aliphatic heterocycles. The molecule has 1 fully saturated rings. The first-order valence-electron chi connectivity index (χ1n) is 8.73. The Hall–Kier alpha value is -1.97. The van der Waals surface area contributed by atoms with E-state index in [0.29, 0.717) is 18.0 Å². The van der Waals surface area contributed by atoms with Crippen molar-refractivity contribution >= 4 is 11.9 Å². The number of nitrogens with one attached hydrogen (secondary N) is 1. The van der Waals surface area contributed by atoms with Crippen molar-refractivity contribution in [3.8, 4) is 0 Å². The number of piperidine rings is 1. The fourth-order valence-electron chi connectivity index (χ4n) is 2.97. The van der Waals surface area contributed by atoms with Gasteiger partial charge in [0.05, 0.1) is 0 Å². The van der Waals surface area contributed by atoms with Gasteiger partial charge in [0.25, 0.3) is 0 Å². The minimum atomic E-state index is -4.64. The van der Waals surface area contributed by atoms with Gasteiger partial charge in [-0.1, -0.05) is 20.4 Å². The Balaban J connectivity index is 0.000000412. The molecule has 0 bridgehead atoms. The molecule has 1 aliphatic rings. The van der Waals surface area contributed by atoms with Crippen LogP contribution in [0, 0.1) is 0 Å². The monoisotopic (exact) mass is 378 g/mol. The van der Waals surface area contributed by atoms with Crippen LogP contribution in [0.5, 0.6) is 0 Å². The number of halogens is 3. The molecule has 1 atom stereocenters. The Bertz CT molecular complexity index is 554. The summed E-state index contributed by atoms with van der Waals surface area (Å²) in [7, 11) is 0. The molecule has 0 saturated carbocycles. The second-order valence-corrected chi connectivity index (χ2v) is 6.27. The van der Waals surface area contributed by atoms with Crippen LogP contribution in [0.1, 0.15) is 40.0 Å². The molecule has 26 heavy (non-hydrogen) atoms. The van der Waals surface area contributed by atoms with E-state index < -0.39 is 11.9 Å². The van der Waals surface area contributed by atoms with Crippen LogP contribution >= 0.6 is 0 Å². The lowest BCUT2D eigenvalue weighted by atomic mass is 10.0. The van der Waals surface area contributed by atoms with Crippen molar-refractivity contribution in [2.45, 2.75) is 58.3 Å². The third-order valence-corrected chi connectivity index (χ3v) is 4.56. The summed E-state index contributed by atoms with van der Waals surface area (Å²) in [5.41, 5.74) is 5.58. The van der Waals surface area contributed by atoms with E-state index >= 15 is 0 Å². The zero-order chi connectivity index (χ0) is 19.9. The van der Waals surface area contributed by atoms with Crippen LogP contribution in [0.2, 0.25) is 0 Å². The summed E-state index contributed by atoms with van der Waals surface area (Å²) < 4.78 is 32.5. The number of aliphatic hydroxyl groups excluding tert-OH is 1. The van der Waals surface area contributed by atoms with E-state index in [1.807, 2.05) is 0 Å². The highest BCUT2D eigenvalue weighted by Crippen LogP contribution is 2.22. The molecule has 2 rings (SSSR count). The third kappa shape index (κ3) is 6.40. The molecule has 0 aliphatic carbocycles. The van der Waals surface area contributed by atoms with Crippen molar-refractivity contribution in [1.29, 1.82) is 0 Å². The van der Waals surface area contributed by atoms with Crippen LogP contribution in [-0.2, 0) is 0 Å². The lowest BCUT2D eigenvalue weighted by molar-refractivity contribution is -0.119. The van der Waals surface area contributed by atoms with Crippen LogP contribution in [0.3, 0.4) is 0 Å². The number of nitrogens with zero attached hydrogens (tertiary/aromatic N) is 4. The highest BCUT2D eigenvalue weighted by atomic mass is 19.4. The molecule has 2 heterocycles. The van der Waals surface area contributed by atoms with E-state index in [4.69, 9.17) is 10.8 Å². The summed E-state index contributed by atoms with van der Waals surface area (Å²) in [6.45, 7) is 12.3. The van der Waals surface area contributed by atoms with E-state index in [9.17, 15) is 13.2 Å². The molecule has 0 spiro atoms. The molecule has 1 saturated heterocycles. The fraction of sp³-hybridized carbons (Fsp3) is 0.750. The number of aromatic nitrogens is 3. The third-order valence-electron chi connectivity index (χ3n) is 4.56. The van der Waals surface area contributed by atoms with Crippen molar-refractivity contribution in [3.05, 3.63) is 12.3 Å². The average molecular weight is 378 g/mol. The zero-order valence-corrected chi connectivity index (χ0v) is 15.6. The van der Waals surface area contributed by atoms with Gasteiger partial charge >= 0.3 is 6.18 Å². The molecule has 1 aromatic rings. The largest absolute Gasteiger partial charge is 0.505 e. The number of anilines is 2. The van der Waals surface area contributed by atoms with Gasteiger partial charge in [0.1, 0.15) is 0 Å². The summed E-state index contributed by atoms with van der Waals surface area (Å²) in [5, 5.41) is 14.4. The van der Waals surface area contributed by atoms with Crippen molar-refractivity contribution in [2.24, 2.45) is 0 Å². The second kappa shape index (κ2) is 9.65. The summed E-state index contributed by atoms with van der Waals surface area (Å²) in [5.74, 6) is -0.623. The lowest BCUT2D eigenvalue weighted by Gasteiger charge is -2.40. The predicted molar refractivity (Wildman–Crippen MR) is 96.0 cm³/mol. The number of rotatable bonds is 5. The van der Waals surface area contributed by atoms with Gasteiger partial charge in [-0.05, 0) is 32.7 Å². The normalized spacial score (nSPS) is 17.0. The number of allylic oxidation sites excluding steroid dienone is 1. The number of aliphatic hydroxyl groups is 1. The van der Waals surface area contributed by atoms with E-state index in [0.717, 1.165) is 25.6 Å². The van der Waals surface area contributed by atoms with Gasteiger partial charge in [-0.2, -0.15) is 18.2 Å². The van der Waals surface area contributed by atoms with Gasteiger partial charge < -0.3 is 15.7 Å². The van der Waals surface area contributed by atoms with Crippen LogP contribution in [-0.4, -0.2) is 63.1 Å². The van der Waals surface area contributed by atoms with Crippen molar-refractivity contribution in [1.82, 2.24) is 20.1 Å². The first-order chi connectivity index (χ1) is 12.1. The van der Waals surface area contributed by atoms with Gasteiger partial charge in [0.2, 0.25) is 11.9 Å². The van der Waals surface area contributed by atoms with Crippen LogP contribution < -0.4 is 10.6 Å². The Morgan fingerprint density at radius 2 is 1.96 bits per heavy atom. The van der Waals surface area contributed by atoms with E-state index in [1.165, 1.54) is 19.3 Å². The van der Waals surface area contributed by atoms with Gasteiger partial charge in [-0.25, -0.2) is 5.10 Å². The molecule has 10 heteroatoms. The summed E-state index contributed by atoms with van der Waals surface area (Å²) in [6, 6.07) is 1.35. The number of hydrogen-bond donors (Lipinski definition) is 3. The van der Waals surface area contributed by atoms with Gasteiger partial charge in [0, 0.05) is 25.2 Å². The molecule has 7 nitrogen and oxygen atoms in total. The highest BCUT2D eigenvalue weighted by molar-refractivity contribution is 5.34. The van der Waals surface area contributed by atoms with Crippen molar-refractivity contribution in [3.63, 3.8) is 0 Å². The highest BCUT2D eigenvalue weighted by Gasteiger charge is 2.31. The average Bonchev–Trinajstić information content (AvgIpc) is 3.02. The number of H-pyrrole nitrogens is 1. The van der Waals surface area contributed by atoms with Crippen LogP contribution in [0.4, 0.5) is 25.1 Å². The van der Waals surface area contributed by atoms with E-state index in [1.54, 1.807) is 0 Å². The number of alkyl halides is 3. The molecule has 1 unspecified atom stereocenters. The Morgan fingerprint density at radius 3 is 2.31 bits per heavy atom. The lowest BCUT2D eigenvalue weighted by Crippen LogP contribution is -2.48. The number of hydrogen-bond acceptors (Lipinski definition) is 6. The summed E-state index contributed by atoms with van der Waals surface area (Å²) >= 11 is 0. The minimum Gasteiger partial charge on any atom is -0.505 e. The molecule has 0 amide bonds. The molecule has 0 aromatic carbocycles. The maximum atomic E-state index is 10.8. The van der Waals surface area contributed by atoms with Crippen molar-refractivity contribution < 1.29 is 18.3 Å². The summed E-state index contributed by atoms with van der Waals surface area (Å²) in [6.07, 6.45) is -1.08.